The minimum absolute atomic E-state index is 0.343. The summed E-state index contributed by atoms with van der Waals surface area (Å²) in [5.41, 5.74) is 0. The number of ether oxygens (including phenoxy) is 2. The number of carbonyl (C=O) groups is 3. The van der Waals surface area contributed by atoms with Crippen LogP contribution in [-0.4, -0.2) is 49.0 Å². The van der Waals surface area contributed by atoms with Crippen LogP contribution in [0.2, 0.25) is 0 Å². The number of nitrogens with zero attached hydrogens (tertiary/aromatic N) is 2. The van der Waals surface area contributed by atoms with E-state index in [0.717, 1.165) is 4.90 Å². The van der Waals surface area contributed by atoms with Gasteiger partial charge in [-0.1, -0.05) is 30.6 Å². The van der Waals surface area contributed by atoms with Crippen molar-refractivity contribution in [2.24, 2.45) is 11.1 Å². The zero-order chi connectivity index (χ0) is 15.0. The van der Waals surface area contributed by atoms with Crippen molar-refractivity contribution in [1.29, 1.82) is 0 Å². The predicted octanol–water partition coefficient (Wildman–Crippen LogP) is 0.937. The summed E-state index contributed by atoms with van der Waals surface area (Å²) in [5.74, 6) is -1.51. The summed E-state index contributed by atoms with van der Waals surface area (Å²) in [7, 11) is 2.90. The van der Waals surface area contributed by atoms with Gasteiger partial charge in [-0.05, 0) is 0 Å². The maximum absolute atomic E-state index is 11.2. The van der Waals surface area contributed by atoms with Crippen LogP contribution < -0.4 is 0 Å². The third-order valence-electron chi connectivity index (χ3n) is 1.63. The Balaban J connectivity index is 4.03. The largest absolute Gasteiger partial charge is 0.538 e. The SMILES string of the molecule is CC(C)C(=O)OCOC(=O)O/N=C(\Cl)C(=O)N(C)C. The maximum Gasteiger partial charge on any atom is 0.538 e. The molecule has 0 heterocycles. The Hall–Kier alpha value is -1.83. The summed E-state index contributed by atoms with van der Waals surface area (Å²) in [6.45, 7) is 2.64. The van der Waals surface area contributed by atoms with Gasteiger partial charge in [-0.2, -0.15) is 0 Å². The van der Waals surface area contributed by atoms with Gasteiger partial charge in [0.2, 0.25) is 12.0 Å². The zero-order valence-electron chi connectivity index (χ0n) is 11.0. The van der Waals surface area contributed by atoms with Crippen molar-refractivity contribution >= 4 is 34.8 Å². The van der Waals surface area contributed by atoms with Crippen LogP contribution >= 0.6 is 11.6 Å². The second-order valence-corrected chi connectivity index (χ2v) is 4.16. The van der Waals surface area contributed by atoms with Crippen LogP contribution in [0.15, 0.2) is 5.16 Å². The smallest absolute Gasteiger partial charge is 0.427 e. The molecule has 19 heavy (non-hydrogen) atoms. The average molecular weight is 295 g/mol. The van der Waals surface area contributed by atoms with Gasteiger partial charge in [0, 0.05) is 14.1 Å². The molecule has 0 aliphatic heterocycles. The van der Waals surface area contributed by atoms with Crippen LogP contribution in [0.3, 0.4) is 0 Å². The van der Waals surface area contributed by atoms with E-state index in [9.17, 15) is 14.4 Å². The van der Waals surface area contributed by atoms with Gasteiger partial charge in [-0.25, -0.2) is 4.79 Å². The summed E-state index contributed by atoms with van der Waals surface area (Å²) >= 11 is 5.44. The first-order chi connectivity index (χ1) is 8.75. The number of carbonyl (C=O) groups excluding carboxylic acids is 3. The second kappa shape index (κ2) is 8.30. The first kappa shape index (κ1) is 17.2. The molecule has 0 radical (unpaired) electrons. The van der Waals surface area contributed by atoms with E-state index < -0.39 is 30.0 Å². The minimum Gasteiger partial charge on any atom is -0.427 e. The Labute approximate surface area is 115 Å². The lowest BCUT2D eigenvalue weighted by atomic mass is 10.2. The van der Waals surface area contributed by atoms with Crippen LogP contribution in [0.25, 0.3) is 0 Å². The van der Waals surface area contributed by atoms with Crippen molar-refractivity contribution in [3.63, 3.8) is 0 Å². The molecule has 0 fully saturated rings. The van der Waals surface area contributed by atoms with E-state index in [0.29, 0.717) is 0 Å². The fourth-order valence-electron chi connectivity index (χ4n) is 0.630. The fraction of sp³-hybridized carbons (Fsp3) is 0.600. The maximum atomic E-state index is 11.2. The average Bonchev–Trinajstić information content (AvgIpc) is 2.34. The lowest BCUT2D eigenvalue weighted by molar-refractivity contribution is -0.157. The Morgan fingerprint density at radius 2 is 1.79 bits per heavy atom. The fourth-order valence-corrected chi connectivity index (χ4v) is 0.833. The standard InChI is InChI=1S/C10H15ClN2O6/c1-6(2)9(15)17-5-18-10(16)19-12-7(11)8(14)13(3)4/h6H,5H2,1-4H3/b12-7-. The Bertz CT molecular complexity index is 380. The lowest BCUT2D eigenvalue weighted by Crippen LogP contribution is -2.27. The molecule has 8 nitrogen and oxygen atoms in total. The van der Waals surface area contributed by atoms with Crippen molar-refractivity contribution < 1.29 is 28.7 Å². The van der Waals surface area contributed by atoms with Crippen molar-refractivity contribution in [2.75, 3.05) is 20.9 Å². The molecule has 0 saturated heterocycles. The molecule has 0 unspecified atom stereocenters. The van der Waals surface area contributed by atoms with E-state index in [-0.39, 0.29) is 5.92 Å². The molecule has 0 aliphatic rings. The number of rotatable bonds is 5. The lowest BCUT2D eigenvalue weighted by Gasteiger charge is -2.08. The van der Waals surface area contributed by atoms with E-state index in [1.807, 2.05) is 0 Å². The van der Waals surface area contributed by atoms with Gasteiger partial charge in [-0.3, -0.25) is 14.4 Å². The number of oxime groups is 1. The monoisotopic (exact) mass is 294 g/mol. The van der Waals surface area contributed by atoms with Crippen LogP contribution in [0.5, 0.6) is 0 Å². The highest BCUT2D eigenvalue weighted by Gasteiger charge is 2.14. The van der Waals surface area contributed by atoms with Crippen molar-refractivity contribution in [3.05, 3.63) is 0 Å². The van der Waals surface area contributed by atoms with E-state index >= 15 is 0 Å². The summed E-state index contributed by atoms with van der Waals surface area (Å²) in [6, 6.07) is 0. The normalized spacial score (nSPS) is 10.9. The third kappa shape index (κ3) is 7.24. The predicted molar refractivity (Wildman–Crippen MR) is 65.3 cm³/mol. The molecule has 0 bridgehead atoms. The van der Waals surface area contributed by atoms with Gasteiger partial charge in [0.25, 0.3) is 5.91 Å². The Morgan fingerprint density at radius 1 is 1.21 bits per heavy atom. The van der Waals surface area contributed by atoms with Crippen molar-refractivity contribution in [1.82, 2.24) is 4.90 Å². The molecule has 0 saturated carbocycles. The van der Waals surface area contributed by atoms with Gasteiger partial charge >= 0.3 is 12.1 Å². The first-order valence-corrected chi connectivity index (χ1v) is 5.59. The molecule has 0 aliphatic carbocycles. The first-order valence-electron chi connectivity index (χ1n) is 5.21. The van der Waals surface area contributed by atoms with Gasteiger partial charge < -0.3 is 14.4 Å². The molecular formula is C10H15ClN2O6. The number of amides is 1. The molecule has 0 spiro atoms. The van der Waals surface area contributed by atoms with Crippen LogP contribution in [0.4, 0.5) is 4.79 Å². The molecule has 108 valence electrons. The highest BCUT2D eigenvalue weighted by Crippen LogP contribution is 1.98. The summed E-state index contributed by atoms with van der Waals surface area (Å²) in [4.78, 5) is 38.5. The molecule has 0 rings (SSSR count). The number of hydrogen-bond acceptors (Lipinski definition) is 7. The quantitative estimate of drug-likeness (QED) is 0.246. The Morgan fingerprint density at radius 3 is 2.26 bits per heavy atom. The second-order valence-electron chi connectivity index (χ2n) is 3.80. The molecular weight excluding hydrogens is 280 g/mol. The minimum atomic E-state index is -1.25. The van der Waals surface area contributed by atoms with E-state index in [1.54, 1.807) is 13.8 Å². The van der Waals surface area contributed by atoms with Gasteiger partial charge in [0.05, 0.1) is 5.92 Å². The van der Waals surface area contributed by atoms with Crippen molar-refractivity contribution in [2.45, 2.75) is 13.8 Å². The molecule has 0 aromatic rings. The summed E-state index contributed by atoms with van der Waals surface area (Å²) in [5, 5.41) is 2.51. The summed E-state index contributed by atoms with van der Waals surface area (Å²) in [6.07, 6.45) is -1.25. The van der Waals surface area contributed by atoms with E-state index in [4.69, 9.17) is 11.6 Å². The number of halogens is 1. The molecule has 0 atom stereocenters. The van der Waals surface area contributed by atoms with Gasteiger partial charge in [0.15, 0.2) is 0 Å². The molecule has 0 aromatic heterocycles. The number of hydrogen-bond donors (Lipinski definition) is 0. The number of esters is 1. The third-order valence-corrected chi connectivity index (χ3v) is 1.86. The molecule has 0 N–H and O–H groups in total. The molecule has 0 aromatic carbocycles. The van der Waals surface area contributed by atoms with Crippen LogP contribution in [0, 0.1) is 5.92 Å². The van der Waals surface area contributed by atoms with E-state index in [1.165, 1.54) is 14.1 Å². The van der Waals surface area contributed by atoms with Crippen LogP contribution in [0.1, 0.15) is 13.8 Å². The van der Waals surface area contributed by atoms with Crippen LogP contribution in [-0.2, 0) is 23.9 Å². The van der Waals surface area contributed by atoms with E-state index in [2.05, 4.69) is 19.5 Å². The van der Waals surface area contributed by atoms with Crippen molar-refractivity contribution in [3.8, 4) is 0 Å². The van der Waals surface area contributed by atoms with Gasteiger partial charge in [0.1, 0.15) is 0 Å². The molecule has 9 heteroatoms. The zero-order valence-corrected chi connectivity index (χ0v) is 11.8. The highest BCUT2D eigenvalue weighted by atomic mass is 35.5. The Kier molecular flexibility index (Phi) is 7.50. The topological polar surface area (TPSA) is 94.5 Å². The summed E-state index contributed by atoms with van der Waals surface area (Å²) < 4.78 is 8.91. The van der Waals surface area contributed by atoms with Gasteiger partial charge in [-0.15, -0.1) is 0 Å². The highest BCUT2D eigenvalue weighted by molar-refractivity contribution is 6.82. The molecule has 1 amide bonds.